The minimum atomic E-state index is -0.691. The van der Waals surface area contributed by atoms with Gasteiger partial charge in [-0.1, -0.05) is 29.8 Å². The van der Waals surface area contributed by atoms with Gasteiger partial charge in [0.25, 0.3) is 5.91 Å². The van der Waals surface area contributed by atoms with Gasteiger partial charge in [0.1, 0.15) is 17.3 Å². The number of piperidine rings is 1. The number of benzene rings is 2. The summed E-state index contributed by atoms with van der Waals surface area (Å²) in [6, 6.07) is 11.3. The Labute approximate surface area is 207 Å². The van der Waals surface area contributed by atoms with Crippen molar-refractivity contribution in [3.05, 3.63) is 76.3 Å². The molecule has 1 aliphatic rings. The second-order valence-electron chi connectivity index (χ2n) is 8.27. The maximum Gasteiger partial charge on any atom is 0.409 e. The van der Waals surface area contributed by atoms with E-state index in [0.29, 0.717) is 42.2 Å². The first-order valence-corrected chi connectivity index (χ1v) is 11.5. The molecule has 0 aliphatic carbocycles. The lowest BCUT2D eigenvalue weighted by molar-refractivity contribution is 0.0946. The third kappa shape index (κ3) is 5.68. The Morgan fingerprint density at radius 1 is 1.23 bits per heavy atom. The standard InChI is InChI=1S/C25H25ClFN5O3/c1-35-25(34)32-9-7-16(8-10-32)21-14-29-23(28)22(31-21)17-5-6-19(20(27)12-17)24(33)30-13-15-3-2-4-18(26)11-15/h2-6,11-12,14,16H,7-10,13H2,1H3,(H2,28,29)(H,30,33). The van der Waals surface area contributed by atoms with Crippen LogP contribution in [0.1, 0.15) is 40.4 Å². The van der Waals surface area contributed by atoms with Crippen LogP contribution in [0.15, 0.2) is 48.7 Å². The summed E-state index contributed by atoms with van der Waals surface area (Å²) >= 11 is 5.96. The second-order valence-corrected chi connectivity index (χ2v) is 8.70. The van der Waals surface area contributed by atoms with E-state index in [9.17, 15) is 14.0 Å². The molecule has 3 N–H and O–H groups in total. The Hall–Kier alpha value is -3.72. The Balaban J connectivity index is 1.48. The van der Waals surface area contributed by atoms with Crippen LogP contribution in [-0.4, -0.2) is 47.1 Å². The summed E-state index contributed by atoms with van der Waals surface area (Å²) in [5.74, 6) is -0.981. The molecule has 3 aromatic rings. The highest BCUT2D eigenvalue weighted by Gasteiger charge is 2.26. The molecule has 0 bridgehead atoms. The number of nitrogen functional groups attached to an aromatic ring is 1. The van der Waals surface area contributed by atoms with E-state index in [0.717, 1.165) is 11.3 Å². The van der Waals surface area contributed by atoms with Gasteiger partial charge in [0, 0.05) is 36.1 Å². The number of likely N-dealkylation sites (tertiary alicyclic amines) is 1. The molecule has 0 unspecified atom stereocenters. The Kier molecular flexibility index (Phi) is 7.45. The van der Waals surface area contributed by atoms with Crippen LogP contribution in [0.25, 0.3) is 11.3 Å². The van der Waals surface area contributed by atoms with E-state index >= 15 is 0 Å². The van der Waals surface area contributed by atoms with Crippen LogP contribution in [0.3, 0.4) is 0 Å². The quantitative estimate of drug-likeness (QED) is 0.540. The number of halogens is 2. The van der Waals surface area contributed by atoms with Gasteiger partial charge in [0.15, 0.2) is 0 Å². The molecule has 1 saturated heterocycles. The number of anilines is 1. The maximum absolute atomic E-state index is 14.9. The normalized spacial score (nSPS) is 14.0. The highest BCUT2D eigenvalue weighted by atomic mass is 35.5. The number of nitrogens with two attached hydrogens (primary N) is 1. The summed E-state index contributed by atoms with van der Waals surface area (Å²) < 4.78 is 19.7. The summed E-state index contributed by atoms with van der Waals surface area (Å²) in [6.07, 6.45) is 2.67. The number of methoxy groups -OCH3 is 1. The van der Waals surface area contributed by atoms with Crippen molar-refractivity contribution in [2.24, 2.45) is 0 Å². The van der Waals surface area contributed by atoms with Gasteiger partial charge in [-0.05, 0) is 42.7 Å². The van der Waals surface area contributed by atoms with Crippen LogP contribution in [0, 0.1) is 5.82 Å². The molecule has 0 radical (unpaired) electrons. The van der Waals surface area contributed by atoms with Gasteiger partial charge in [0.05, 0.1) is 24.6 Å². The number of ether oxygens (including phenoxy) is 1. The van der Waals surface area contributed by atoms with E-state index in [1.165, 1.54) is 19.2 Å². The van der Waals surface area contributed by atoms with Crippen molar-refractivity contribution >= 4 is 29.4 Å². The average molecular weight is 498 g/mol. The molecule has 2 amide bonds. The summed E-state index contributed by atoms with van der Waals surface area (Å²) in [5, 5.41) is 3.25. The fourth-order valence-electron chi connectivity index (χ4n) is 4.08. The lowest BCUT2D eigenvalue weighted by Crippen LogP contribution is -2.37. The van der Waals surface area contributed by atoms with Crippen LogP contribution >= 0.6 is 11.6 Å². The fourth-order valence-corrected chi connectivity index (χ4v) is 4.29. The number of amides is 2. The minimum absolute atomic E-state index is 0.0872. The molecular formula is C25H25ClFN5O3. The predicted octanol–water partition coefficient (Wildman–Crippen LogP) is 4.39. The number of hydrogen-bond donors (Lipinski definition) is 2. The number of nitrogens with one attached hydrogen (secondary N) is 1. The molecule has 4 rings (SSSR count). The first-order chi connectivity index (χ1) is 16.9. The van der Waals surface area contributed by atoms with Crippen LogP contribution in [-0.2, 0) is 11.3 Å². The van der Waals surface area contributed by atoms with E-state index in [4.69, 9.17) is 22.1 Å². The van der Waals surface area contributed by atoms with Gasteiger partial charge >= 0.3 is 6.09 Å². The van der Waals surface area contributed by atoms with Crippen LogP contribution in [0.4, 0.5) is 15.0 Å². The zero-order valence-corrected chi connectivity index (χ0v) is 19.9. The van der Waals surface area contributed by atoms with Crippen LogP contribution < -0.4 is 11.1 Å². The number of aromatic nitrogens is 2. The monoisotopic (exact) mass is 497 g/mol. The number of rotatable bonds is 5. The number of carbonyl (C=O) groups is 2. The molecule has 182 valence electrons. The van der Waals surface area contributed by atoms with Crippen molar-refractivity contribution in [2.45, 2.75) is 25.3 Å². The van der Waals surface area contributed by atoms with Crippen LogP contribution in [0.5, 0.6) is 0 Å². The first-order valence-electron chi connectivity index (χ1n) is 11.1. The largest absolute Gasteiger partial charge is 0.453 e. The highest BCUT2D eigenvalue weighted by Crippen LogP contribution is 2.31. The van der Waals surface area contributed by atoms with Gasteiger partial charge in [-0.15, -0.1) is 0 Å². The molecule has 0 spiro atoms. The van der Waals surface area contributed by atoms with Gasteiger partial charge in [-0.25, -0.2) is 19.2 Å². The molecule has 0 atom stereocenters. The third-order valence-corrected chi connectivity index (χ3v) is 6.23. The van der Waals surface area contributed by atoms with E-state index in [-0.39, 0.29) is 29.9 Å². The molecule has 1 fully saturated rings. The van der Waals surface area contributed by atoms with Crippen molar-refractivity contribution in [3.8, 4) is 11.3 Å². The molecular weight excluding hydrogens is 473 g/mol. The maximum atomic E-state index is 14.9. The third-order valence-electron chi connectivity index (χ3n) is 5.99. The fraction of sp³-hybridized carbons (Fsp3) is 0.280. The van der Waals surface area contributed by atoms with Crippen LogP contribution in [0.2, 0.25) is 5.02 Å². The Morgan fingerprint density at radius 3 is 2.69 bits per heavy atom. The zero-order valence-electron chi connectivity index (χ0n) is 19.1. The van der Waals surface area contributed by atoms with E-state index in [1.54, 1.807) is 35.4 Å². The molecule has 0 saturated carbocycles. The number of carbonyl (C=O) groups excluding carboxylic acids is 2. The molecule has 10 heteroatoms. The molecule has 2 heterocycles. The summed E-state index contributed by atoms with van der Waals surface area (Å²) in [7, 11) is 1.36. The van der Waals surface area contributed by atoms with Gasteiger partial charge in [0.2, 0.25) is 0 Å². The lowest BCUT2D eigenvalue weighted by Gasteiger charge is -2.30. The first kappa shape index (κ1) is 24.4. The lowest BCUT2D eigenvalue weighted by atomic mass is 9.93. The SMILES string of the molecule is COC(=O)N1CCC(c2cnc(N)c(-c3ccc(C(=O)NCc4cccc(Cl)c4)c(F)c3)n2)CC1. The van der Waals surface area contributed by atoms with Crippen molar-refractivity contribution in [1.29, 1.82) is 0 Å². The summed E-state index contributed by atoms with van der Waals surface area (Å²) in [5.41, 5.74) is 8.26. The van der Waals surface area contributed by atoms with Gasteiger partial charge < -0.3 is 20.7 Å². The highest BCUT2D eigenvalue weighted by molar-refractivity contribution is 6.30. The Morgan fingerprint density at radius 2 is 2.00 bits per heavy atom. The van der Waals surface area contributed by atoms with Crippen molar-refractivity contribution in [1.82, 2.24) is 20.2 Å². The topological polar surface area (TPSA) is 110 Å². The van der Waals surface area contributed by atoms with Crippen molar-refractivity contribution < 1.29 is 18.7 Å². The molecule has 1 aliphatic heterocycles. The predicted molar refractivity (Wildman–Crippen MR) is 130 cm³/mol. The van der Waals surface area contributed by atoms with E-state index in [1.807, 2.05) is 6.07 Å². The smallest absolute Gasteiger partial charge is 0.409 e. The Bertz CT molecular complexity index is 1250. The number of nitrogens with zero attached hydrogens (tertiary/aromatic N) is 3. The number of hydrogen-bond acceptors (Lipinski definition) is 6. The summed E-state index contributed by atoms with van der Waals surface area (Å²) in [6.45, 7) is 1.31. The zero-order chi connectivity index (χ0) is 24.9. The van der Waals surface area contributed by atoms with Gasteiger partial charge in [-0.2, -0.15) is 0 Å². The van der Waals surface area contributed by atoms with Crippen molar-refractivity contribution in [2.75, 3.05) is 25.9 Å². The molecule has 8 nitrogen and oxygen atoms in total. The average Bonchev–Trinajstić information content (AvgIpc) is 2.87. The molecule has 1 aromatic heterocycles. The van der Waals surface area contributed by atoms with Crippen molar-refractivity contribution in [3.63, 3.8) is 0 Å². The van der Waals surface area contributed by atoms with E-state index < -0.39 is 11.7 Å². The molecule has 2 aromatic carbocycles. The molecule has 35 heavy (non-hydrogen) atoms. The van der Waals surface area contributed by atoms with E-state index in [2.05, 4.69) is 15.3 Å². The van der Waals surface area contributed by atoms with Gasteiger partial charge in [-0.3, -0.25) is 4.79 Å². The minimum Gasteiger partial charge on any atom is -0.453 e. The summed E-state index contributed by atoms with van der Waals surface area (Å²) in [4.78, 5) is 34.8. The second kappa shape index (κ2) is 10.7.